The van der Waals surface area contributed by atoms with Gasteiger partial charge in [0, 0.05) is 5.88 Å². The molecule has 0 aliphatic heterocycles. The molecule has 1 aromatic heterocycles. The minimum atomic E-state index is -3.65. The number of halogens is 3. The molecule has 0 unspecified atom stereocenters. The van der Waals surface area contributed by atoms with Crippen LogP contribution in [0.4, 0.5) is 5.69 Å². The maximum atomic E-state index is 12.2. The fraction of sp³-hybridized carbons (Fsp3) is 0.0909. The summed E-state index contributed by atoms with van der Waals surface area (Å²) in [5, 5.41) is 0.371. The van der Waals surface area contributed by atoms with Crippen LogP contribution in [0.15, 0.2) is 38.3 Å². The number of nitrogens with one attached hydrogen (secondary N) is 1. The van der Waals surface area contributed by atoms with Crippen molar-refractivity contribution in [1.82, 2.24) is 0 Å². The van der Waals surface area contributed by atoms with Crippen LogP contribution >= 0.6 is 50.5 Å². The number of anilines is 1. The van der Waals surface area contributed by atoms with Crippen LogP contribution in [0, 0.1) is 0 Å². The molecular formula is C11H8BrCl2NO2S2. The van der Waals surface area contributed by atoms with Crippen LogP contribution in [0.2, 0.25) is 5.02 Å². The van der Waals surface area contributed by atoms with E-state index < -0.39 is 10.0 Å². The van der Waals surface area contributed by atoms with E-state index in [1.54, 1.807) is 24.3 Å². The van der Waals surface area contributed by atoms with Crippen LogP contribution < -0.4 is 4.72 Å². The maximum absolute atomic E-state index is 12.2. The molecule has 0 saturated carbocycles. The van der Waals surface area contributed by atoms with E-state index >= 15 is 0 Å². The van der Waals surface area contributed by atoms with Gasteiger partial charge in [0.15, 0.2) is 0 Å². The van der Waals surface area contributed by atoms with E-state index in [9.17, 15) is 8.42 Å². The van der Waals surface area contributed by atoms with Crippen molar-refractivity contribution < 1.29 is 8.42 Å². The van der Waals surface area contributed by atoms with E-state index in [1.165, 1.54) is 6.07 Å². The number of alkyl halides is 1. The van der Waals surface area contributed by atoms with Gasteiger partial charge in [0.1, 0.15) is 4.21 Å². The van der Waals surface area contributed by atoms with Crippen molar-refractivity contribution in [3.63, 3.8) is 0 Å². The smallest absolute Gasteiger partial charge is 0.271 e. The second-order valence-electron chi connectivity index (χ2n) is 3.58. The highest BCUT2D eigenvalue weighted by molar-refractivity contribution is 9.11. The first-order chi connectivity index (χ1) is 8.94. The van der Waals surface area contributed by atoms with Gasteiger partial charge >= 0.3 is 0 Å². The standard InChI is InChI=1S/C11H8BrCl2NO2S2/c12-11-8(14)5-10(18-11)19(16,17)15-9-4-2-1-3-7(9)6-13/h1-5,15H,6H2. The van der Waals surface area contributed by atoms with Gasteiger partial charge < -0.3 is 0 Å². The Labute approximate surface area is 133 Å². The zero-order valence-corrected chi connectivity index (χ0v) is 14.1. The summed E-state index contributed by atoms with van der Waals surface area (Å²) in [5.41, 5.74) is 1.19. The summed E-state index contributed by atoms with van der Waals surface area (Å²) < 4.78 is 27.7. The van der Waals surface area contributed by atoms with Crippen molar-refractivity contribution in [2.75, 3.05) is 4.72 Å². The largest absolute Gasteiger partial charge is 0.279 e. The van der Waals surface area contributed by atoms with Crippen molar-refractivity contribution in [1.29, 1.82) is 0 Å². The second kappa shape index (κ2) is 6.01. The average molecular weight is 401 g/mol. The number of hydrogen-bond acceptors (Lipinski definition) is 3. The van der Waals surface area contributed by atoms with Crippen LogP contribution in [0.3, 0.4) is 0 Å². The average Bonchev–Trinajstić information content (AvgIpc) is 2.71. The van der Waals surface area contributed by atoms with Crippen LogP contribution in [0.5, 0.6) is 0 Å². The Morgan fingerprint density at radius 2 is 2.00 bits per heavy atom. The molecule has 0 aliphatic carbocycles. The van der Waals surface area contributed by atoms with Crippen molar-refractivity contribution in [2.24, 2.45) is 0 Å². The highest BCUT2D eigenvalue weighted by Crippen LogP contribution is 2.35. The van der Waals surface area contributed by atoms with E-state index in [0.717, 1.165) is 16.9 Å². The third-order valence-corrected chi connectivity index (χ3v) is 6.89. The molecule has 3 nitrogen and oxygen atoms in total. The molecule has 2 aromatic rings. The van der Waals surface area contributed by atoms with Gasteiger partial charge in [-0.1, -0.05) is 29.8 Å². The molecule has 0 atom stereocenters. The predicted octanol–water partition coefficient (Wildman–Crippen LogP) is 4.70. The van der Waals surface area contributed by atoms with Gasteiger partial charge in [-0.05, 0) is 33.6 Å². The van der Waals surface area contributed by atoms with Gasteiger partial charge in [0.05, 0.1) is 14.5 Å². The third-order valence-electron chi connectivity index (χ3n) is 2.29. The highest BCUT2D eigenvalue weighted by Gasteiger charge is 2.20. The molecule has 2 rings (SSSR count). The third kappa shape index (κ3) is 3.44. The van der Waals surface area contributed by atoms with E-state index in [2.05, 4.69) is 20.7 Å². The predicted molar refractivity (Wildman–Crippen MR) is 83.8 cm³/mol. The van der Waals surface area contributed by atoms with E-state index in [4.69, 9.17) is 23.2 Å². The molecule has 19 heavy (non-hydrogen) atoms. The topological polar surface area (TPSA) is 46.2 Å². The molecule has 0 fully saturated rings. The van der Waals surface area contributed by atoms with E-state index in [0.29, 0.717) is 14.5 Å². The number of para-hydroxylation sites is 1. The summed E-state index contributed by atoms with van der Waals surface area (Å²) in [4.78, 5) is 0. The molecule has 1 aromatic carbocycles. The van der Waals surface area contributed by atoms with Gasteiger partial charge in [-0.15, -0.1) is 22.9 Å². The summed E-state index contributed by atoms with van der Waals surface area (Å²) in [5.74, 6) is 0.230. The lowest BCUT2D eigenvalue weighted by Gasteiger charge is -2.09. The Hall–Kier alpha value is -0.270. The van der Waals surface area contributed by atoms with Gasteiger partial charge in [0.2, 0.25) is 0 Å². The number of hydrogen-bond donors (Lipinski definition) is 1. The lowest BCUT2D eigenvalue weighted by molar-refractivity contribution is 0.603. The summed E-state index contributed by atoms with van der Waals surface area (Å²) in [6.45, 7) is 0. The first-order valence-electron chi connectivity index (χ1n) is 5.05. The molecule has 0 aliphatic rings. The first-order valence-corrected chi connectivity index (χ1v) is 9.06. The van der Waals surface area contributed by atoms with E-state index in [1.807, 2.05) is 0 Å². The quantitative estimate of drug-likeness (QED) is 0.755. The number of sulfonamides is 1. The molecule has 0 amide bonds. The monoisotopic (exact) mass is 399 g/mol. The summed E-state index contributed by atoms with van der Waals surface area (Å²) in [7, 11) is -3.65. The molecule has 8 heteroatoms. The molecule has 0 spiro atoms. The van der Waals surface area contributed by atoms with Crippen LogP contribution in [-0.4, -0.2) is 8.42 Å². The van der Waals surface area contributed by atoms with Crippen LogP contribution in [-0.2, 0) is 15.9 Å². The van der Waals surface area contributed by atoms with Crippen LogP contribution in [0.25, 0.3) is 0 Å². The summed E-state index contributed by atoms with van der Waals surface area (Å²) >= 11 is 15.9. The van der Waals surface area contributed by atoms with Crippen molar-refractivity contribution >= 4 is 66.2 Å². The van der Waals surface area contributed by atoms with E-state index in [-0.39, 0.29) is 10.1 Å². The Morgan fingerprint density at radius 1 is 1.32 bits per heavy atom. The van der Waals surface area contributed by atoms with Gasteiger partial charge in [-0.3, -0.25) is 4.72 Å². The zero-order chi connectivity index (χ0) is 14.0. The van der Waals surface area contributed by atoms with Crippen molar-refractivity contribution in [2.45, 2.75) is 10.1 Å². The fourth-order valence-corrected chi connectivity index (χ4v) is 5.12. The Kier molecular flexibility index (Phi) is 4.79. The lowest BCUT2D eigenvalue weighted by Crippen LogP contribution is -2.12. The number of thiophene rings is 1. The normalized spacial score (nSPS) is 11.5. The molecule has 0 bridgehead atoms. The molecule has 102 valence electrons. The first kappa shape index (κ1) is 15.1. The molecule has 0 saturated heterocycles. The zero-order valence-electron chi connectivity index (χ0n) is 9.36. The highest BCUT2D eigenvalue weighted by atomic mass is 79.9. The molecular weight excluding hydrogens is 393 g/mol. The van der Waals surface area contributed by atoms with Gasteiger partial charge in [-0.25, -0.2) is 8.42 Å². The summed E-state index contributed by atoms with van der Waals surface area (Å²) in [6, 6.07) is 8.38. The Bertz CT molecular complexity index is 681. The van der Waals surface area contributed by atoms with Gasteiger partial charge in [0.25, 0.3) is 10.0 Å². The minimum Gasteiger partial charge on any atom is -0.279 e. The maximum Gasteiger partial charge on any atom is 0.271 e. The van der Waals surface area contributed by atoms with Crippen LogP contribution in [0.1, 0.15) is 5.56 Å². The number of benzene rings is 1. The second-order valence-corrected chi connectivity index (χ2v) is 8.54. The lowest BCUT2D eigenvalue weighted by atomic mass is 10.2. The Balaban J connectivity index is 2.36. The van der Waals surface area contributed by atoms with Crippen molar-refractivity contribution in [3.05, 3.63) is 44.7 Å². The van der Waals surface area contributed by atoms with Crippen molar-refractivity contribution in [3.8, 4) is 0 Å². The van der Waals surface area contributed by atoms with Gasteiger partial charge in [-0.2, -0.15) is 0 Å². The SMILES string of the molecule is O=S(=O)(Nc1ccccc1CCl)c1cc(Cl)c(Br)s1. The fourth-order valence-electron chi connectivity index (χ4n) is 1.39. The Morgan fingerprint density at radius 3 is 2.58 bits per heavy atom. The summed E-state index contributed by atoms with van der Waals surface area (Å²) in [6.07, 6.45) is 0. The molecule has 1 N–H and O–H groups in total. The number of rotatable bonds is 4. The minimum absolute atomic E-state index is 0.147. The molecule has 1 heterocycles. The molecule has 0 radical (unpaired) electrons.